The van der Waals surface area contributed by atoms with E-state index in [2.05, 4.69) is 11.4 Å². The Morgan fingerprint density at radius 2 is 2.47 bits per heavy atom. The van der Waals surface area contributed by atoms with Crippen LogP contribution >= 0.6 is 11.8 Å². The van der Waals surface area contributed by atoms with Crippen LogP contribution in [0.2, 0.25) is 0 Å². The molecule has 17 heavy (non-hydrogen) atoms. The number of hydrogen-bond acceptors (Lipinski definition) is 4. The van der Waals surface area contributed by atoms with Crippen LogP contribution in [0.4, 0.5) is 0 Å². The Morgan fingerprint density at radius 1 is 1.59 bits per heavy atom. The molecule has 2 rings (SSSR count). The summed E-state index contributed by atoms with van der Waals surface area (Å²) in [6.07, 6.45) is 1.25. The molecule has 4 heteroatoms. The summed E-state index contributed by atoms with van der Waals surface area (Å²) < 4.78 is 5.19. The van der Waals surface area contributed by atoms with Crippen molar-refractivity contribution in [2.24, 2.45) is 0 Å². The van der Waals surface area contributed by atoms with E-state index in [9.17, 15) is 0 Å². The molecule has 1 aromatic carbocycles. The van der Waals surface area contributed by atoms with Gasteiger partial charge in [-0.05, 0) is 29.9 Å². The van der Waals surface area contributed by atoms with Gasteiger partial charge in [0, 0.05) is 18.3 Å². The first-order chi connectivity index (χ1) is 8.33. The highest BCUT2D eigenvalue weighted by molar-refractivity contribution is 7.99. The predicted molar refractivity (Wildman–Crippen MR) is 70.3 cm³/mol. The fraction of sp³-hybridized carbons (Fsp3) is 0.462. The van der Waals surface area contributed by atoms with Gasteiger partial charge in [0.1, 0.15) is 11.8 Å². The summed E-state index contributed by atoms with van der Waals surface area (Å²) in [6, 6.07) is 8.49. The van der Waals surface area contributed by atoms with E-state index in [-0.39, 0.29) is 0 Å². The zero-order valence-electron chi connectivity index (χ0n) is 9.90. The molecule has 1 atom stereocenters. The molecule has 0 radical (unpaired) electrons. The fourth-order valence-corrected chi connectivity index (χ4v) is 3.08. The minimum Gasteiger partial charge on any atom is -0.495 e. The van der Waals surface area contributed by atoms with Crippen molar-refractivity contribution in [3.05, 3.63) is 29.3 Å². The van der Waals surface area contributed by atoms with Gasteiger partial charge in [-0.15, -0.1) is 0 Å². The fourth-order valence-electron chi connectivity index (χ4n) is 1.90. The monoisotopic (exact) mass is 248 g/mol. The van der Waals surface area contributed by atoms with Gasteiger partial charge in [-0.1, -0.05) is 6.07 Å². The Kier molecular flexibility index (Phi) is 4.29. The molecule has 0 spiro atoms. The Morgan fingerprint density at radius 3 is 3.12 bits per heavy atom. The molecular weight excluding hydrogens is 232 g/mol. The topological polar surface area (TPSA) is 45.0 Å². The van der Waals surface area contributed by atoms with Crippen LogP contribution in [-0.2, 0) is 6.54 Å². The van der Waals surface area contributed by atoms with Crippen molar-refractivity contribution in [3.8, 4) is 11.8 Å². The molecule has 1 aromatic rings. The number of methoxy groups -OCH3 is 1. The number of hydrogen-bond donors (Lipinski definition) is 1. The molecule has 3 nitrogen and oxygen atoms in total. The zero-order chi connectivity index (χ0) is 12.1. The van der Waals surface area contributed by atoms with Crippen molar-refractivity contribution >= 4 is 11.8 Å². The number of nitrogens with one attached hydrogen (secondary N) is 1. The van der Waals surface area contributed by atoms with Gasteiger partial charge in [-0.2, -0.15) is 17.0 Å². The molecule has 1 fully saturated rings. The molecule has 0 aromatic heterocycles. The minimum absolute atomic E-state index is 0.590. The summed E-state index contributed by atoms with van der Waals surface area (Å²) in [5, 5.41) is 12.4. The molecule has 0 saturated carbocycles. The zero-order valence-corrected chi connectivity index (χ0v) is 10.7. The van der Waals surface area contributed by atoms with Gasteiger partial charge in [0.15, 0.2) is 0 Å². The second kappa shape index (κ2) is 5.95. The van der Waals surface area contributed by atoms with E-state index in [1.807, 2.05) is 30.0 Å². The summed E-state index contributed by atoms with van der Waals surface area (Å²) in [4.78, 5) is 0. The summed E-state index contributed by atoms with van der Waals surface area (Å²) in [6.45, 7) is 0.841. The highest BCUT2D eigenvalue weighted by atomic mass is 32.2. The molecule has 1 unspecified atom stereocenters. The van der Waals surface area contributed by atoms with Crippen molar-refractivity contribution in [1.82, 2.24) is 5.32 Å². The number of nitriles is 1. The van der Waals surface area contributed by atoms with Gasteiger partial charge in [-0.3, -0.25) is 0 Å². The van der Waals surface area contributed by atoms with Crippen LogP contribution in [0.3, 0.4) is 0 Å². The molecule has 0 amide bonds. The van der Waals surface area contributed by atoms with Crippen LogP contribution in [0.25, 0.3) is 0 Å². The van der Waals surface area contributed by atoms with Crippen LogP contribution in [0, 0.1) is 11.3 Å². The molecule has 1 aliphatic rings. The van der Waals surface area contributed by atoms with Gasteiger partial charge < -0.3 is 10.1 Å². The Bertz CT molecular complexity index is 422. The first kappa shape index (κ1) is 12.3. The number of nitrogens with zero attached hydrogens (tertiary/aromatic N) is 1. The second-order valence-corrected chi connectivity index (χ2v) is 5.24. The van der Waals surface area contributed by atoms with Gasteiger partial charge in [-0.25, -0.2) is 0 Å². The normalized spacial score (nSPS) is 18.9. The molecule has 1 aliphatic heterocycles. The maximum absolute atomic E-state index is 8.89. The SMILES string of the molecule is COc1cc(CNC2CCSC2)ccc1C#N. The van der Waals surface area contributed by atoms with Crippen molar-refractivity contribution in [2.45, 2.75) is 19.0 Å². The summed E-state index contributed by atoms with van der Waals surface area (Å²) in [7, 11) is 1.60. The average Bonchev–Trinajstić information content (AvgIpc) is 2.89. The lowest BCUT2D eigenvalue weighted by Crippen LogP contribution is -2.27. The van der Waals surface area contributed by atoms with Gasteiger partial charge in [0.2, 0.25) is 0 Å². The van der Waals surface area contributed by atoms with Crippen LogP contribution in [0.15, 0.2) is 18.2 Å². The smallest absolute Gasteiger partial charge is 0.136 e. The van der Waals surface area contributed by atoms with E-state index >= 15 is 0 Å². The third-order valence-corrected chi connectivity index (χ3v) is 4.07. The molecule has 90 valence electrons. The predicted octanol–water partition coefficient (Wildman–Crippen LogP) is 2.16. The van der Waals surface area contributed by atoms with E-state index < -0.39 is 0 Å². The maximum atomic E-state index is 8.89. The largest absolute Gasteiger partial charge is 0.495 e. The number of thioether (sulfide) groups is 1. The van der Waals surface area contributed by atoms with Crippen LogP contribution in [0.1, 0.15) is 17.5 Å². The Balaban J connectivity index is 1.98. The van der Waals surface area contributed by atoms with Crippen molar-refractivity contribution in [1.29, 1.82) is 5.26 Å². The number of benzene rings is 1. The van der Waals surface area contributed by atoms with Gasteiger partial charge in [0.25, 0.3) is 0 Å². The van der Waals surface area contributed by atoms with Crippen molar-refractivity contribution in [2.75, 3.05) is 18.6 Å². The van der Waals surface area contributed by atoms with Crippen LogP contribution in [0.5, 0.6) is 5.75 Å². The van der Waals surface area contributed by atoms with Crippen LogP contribution in [-0.4, -0.2) is 24.7 Å². The van der Waals surface area contributed by atoms with Crippen molar-refractivity contribution in [3.63, 3.8) is 0 Å². The van der Waals surface area contributed by atoms with E-state index in [0.717, 1.165) is 12.1 Å². The third-order valence-electron chi connectivity index (χ3n) is 2.91. The van der Waals surface area contributed by atoms with E-state index in [0.29, 0.717) is 17.4 Å². The van der Waals surface area contributed by atoms with E-state index in [1.165, 1.54) is 17.9 Å². The summed E-state index contributed by atoms with van der Waals surface area (Å²) >= 11 is 2.00. The molecule has 0 bridgehead atoms. The number of rotatable bonds is 4. The highest BCUT2D eigenvalue weighted by Gasteiger charge is 2.14. The van der Waals surface area contributed by atoms with Crippen LogP contribution < -0.4 is 10.1 Å². The second-order valence-electron chi connectivity index (χ2n) is 4.09. The first-order valence-corrected chi connectivity index (χ1v) is 6.87. The Hall–Kier alpha value is -1.18. The molecular formula is C13H16N2OS. The third kappa shape index (κ3) is 3.15. The molecule has 1 N–H and O–H groups in total. The summed E-state index contributed by atoms with van der Waals surface area (Å²) in [5.74, 6) is 3.12. The highest BCUT2D eigenvalue weighted by Crippen LogP contribution is 2.20. The molecule has 0 aliphatic carbocycles. The van der Waals surface area contributed by atoms with E-state index in [4.69, 9.17) is 10.00 Å². The average molecular weight is 248 g/mol. The standard InChI is InChI=1S/C13H16N2OS/c1-16-13-6-10(2-3-11(13)7-14)8-15-12-4-5-17-9-12/h2-3,6,12,15H,4-5,8-9H2,1H3. The lowest BCUT2D eigenvalue weighted by Gasteiger charge is -2.12. The minimum atomic E-state index is 0.590. The van der Waals surface area contributed by atoms with Gasteiger partial charge >= 0.3 is 0 Å². The lowest BCUT2D eigenvalue weighted by atomic mass is 10.1. The maximum Gasteiger partial charge on any atom is 0.136 e. The summed E-state index contributed by atoms with van der Waals surface area (Å²) in [5.41, 5.74) is 1.76. The quantitative estimate of drug-likeness (QED) is 0.887. The lowest BCUT2D eigenvalue weighted by molar-refractivity contribution is 0.412. The number of ether oxygens (including phenoxy) is 1. The Labute approximate surface area is 106 Å². The van der Waals surface area contributed by atoms with Gasteiger partial charge in [0.05, 0.1) is 12.7 Å². The molecule has 1 heterocycles. The van der Waals surface area contributed by atoms with E-state index in [1.54, 1.807) is 7.11 Å². The molecule has 1 saturated heterocycles. The van der Waals surface area contributed by atoms with Crippen molar-refractivity contribution < 1.29 is 4.74 Å². The first-order valence-electron chi connectivity index (χ1n) is 5.71.